The van der Waals surface area contributed by atoms with Crippen molar-refractivity contribution < 1.29 is 9.13 Å². The maximum Gasteiger partial charge on any atom is 0.242 e. The van der Waals surface area contributed by atoms with E-state index in [1.54, 1.807) is 18.2 Å². The highest BCUT2D eigenvalue weighted by atomic mass is 19.1. The van der Waals surface area contributed by atoms with Crippen molar-refractivity contribution in [1.29, 1.82) is 0 Å². The lowest BCUT2D eigenvalue weighted by Gasteiger charge is -2.23. The van der Waals surface area contributed by atoms with Gasteiger partial charge in [-0.25, -0.2) is 9.37 Å². The molecule has 1 aliphatic rings. The number of nitrogens with one attached hydrogen (secondary N) is 1. The van der Waals surface area contributed by atoms with Crippen LogP contribution in [-0.2, 0) is 0 Å². The second-order valence-electron chi connectivity index (χ2n) is 5.42. The van der Waals surface area contributed by atoms with E-state index in [1.165, 1.54) is 18.8 Å². The normalized spacial score (nSPS) is 15.5. The number of aromatic nitrogens is 2. The van der Waals surface area contributed by atoms with Gasteiger partial charge in [-0.2, -0.15) is 4.98 Å². The van der Waals surface area contributed by atoms with Crippen LogP contribution in [0.3, 0.4) is 0 Å². The van der Waals surface area contributed by atoms with Crippen LogP contribution < -0.4 is 15.8 Å². The number of para-hydroxylation sites is 1. The predicted octanol–water partition coefficient (Wildman–Crippen LogP) is 3.65. The standard InChI is InChI=1S/C16H19FN4O/c17-12-8-4-5-9-13(12)21-15-14(18)16(20-10-19-15)22-11-6-2-1-3-7-11/h4-5,8-11H,1-3,6-7,18H2,(H,19,20,21). The van der Waals surface area contributed by atoms with Gasteiger partial charge in [-0.1, -0.05) is 18.6 Å². The summed E-state index contributed by atoms with van der Waals surface area (Å²) in [7, 11) is 0. The Hall–Kier alpha value is -2.37. The molecule has 22 heavy (non-hydrogen) atoms. The SMILES string of the molecule is Nc1c(Nc2ccccc2F)ncnc1OC1CCCCC1. The molecule has 0 radical (unpaired) electrons. The van der Waals surface area contributed by atoms with E-state index in [1.807, 2.05) is 0 Å². The van der Waals surface area contributed by atoms with Crippen LogP contribution >= 0.6 is 0 Å². The molecule has 1 fully saturated rings. The van der Waals surface area contributed by atoms with Crippen molar-refractivity contribution in [1.82, 2.24) is 9.97 Å². The number of hydrogen-bond donors (Lipinski definition) is 2. The second-order valence-corrected chi connectivity index (χ2v) is 5.42. The summed E-state index contributed by atoms with van der Waals surface area (Å²) in [6.45, 7) is 0. The summed E-state index contributed by atoms with van der Waals surface area (Å²) in [5.41, 5.74) is 6.68. The number of ether oxygens (including phenoxy) is 1. The van der Waals surface area contributed by atoms with Crippen LogP contribution in [0.25, 0.3) is 0 Å². The van der Waals surface area contributed by atoms with Crippen molar-refractivity contribution in [2.75, 3.05) is 11.1 Å². The van der Waals surface area contributed by atoms with E-state index in [2.05, 4.69) is 15.3 Å². The van der Waals surface area contributed by atoms with Gasteiger partial charge in [0.05, 0.1) is 5.69 Å². The van der Waals surface area contributed by atoms with Crippen molar-refractivity contribution in [3.63, 3.8) is 0 Å². The summed E-state index contributed by atoms with van der Waals surface area (Å²) < 4.78 is 19.6. The average molecular weight is 302 g/mol. The summed E-state index contributed by atoms with van der Waals surface area (Å²) in [4.78, 5) is 8.18. The van der Waals surface area contributed by atoms with Gasteiger partial charge in [-0.3, -0.25) is 0 Å². The Kier molecular flexibility index (Phi) is 4.37. The molecule has 1 aromatic heterocycles. The summed E-state index contributed by atoms with van der Waals surface area (Å²) >= 11 is 0. The molecule has 2 aromatic rings. The summed E-state index contributed by atoms with van der Waals surface area (Å²) in [6.07, 6.45) is 7.12. The number of halogens is 1. The van der Waals surface area contributed by atoms with Crippen molar-refractivity contribution in [2.24, 2.45) is 0 Å². The van der Waals surface area contributed by atoms with Crippen molar-refractivity contribution in [3.8, 4) is 5.88 Å². The molecule has 1 aromatic carbocycles. The minimum Gasteiger partial charge on any atom is -0.473 e. The smallest absolute Gasteiger partial charge is 0.242 e. The lowest BCUT2D eigenvalue weighted by atomic mass is 9.98. The molecular formula is C16H19FN4O. The molecule has 0 saturated heterocycles. The first-order valence-electron chi connectivity index (χ1n) is 7.52. The van der Waals surface area contributed by atoms with E-state index < -0.39 is 0 Å². The van der Waals surface area contributed by atoms with E-state index in [4.69, 9.17) is 10.5 Å². The highest BCUT2D eigenvalue weighted by molar-refractivity contribution is 5.72. The van der Waals surface area contributed by atoms with E-state index in [9.17, 15) is 4.39 Å². The average Bonchev–Trinajstić information content (AvgIpc) is 2.54. The van der Waals surface area contributed by atoms with Gasteiger partial charge in [-0.05, 0) is 37.8 Å². The van der Waals surface area contributed by atoms with Gasteiger partial charge in [0.25, 0.3) is 0 Å². The number of hydrogen-bond acceptors (Lipinski definition) is 5. The lowest BCUT2D eigenvalue weighted by molar-refractivity contribution is 0.149. The molecule has 3 N–H and O–H groups in total. The van der Waals surface area contributed by atoms with Crippen LogP contribution in [0.1, 0.15) is 32.1 Å². The molecule has 1 saturated carbocycles. The highest BCUT2D eigenvalue weighted by Crippen LogP contribution is 2.31. The molecular weight excluding hydrogens is 283 g/mol. The van der Waals surface area contributed by atoms with Gasteiger partial charge < -0.3 is 15.8 Å². The van der Waals surface area contributed by atoms with Crippen molar-refractivity contribution in [3.05, 3.63) is 36.4 Å². The third kappa shape index (κ3) is 3.27. The number of rotatable bonds is 4. The van der Waals surface area contributed by atoms with Crippen LogP contribution in [-0.4, -0.2) is 16.1 Å². The fourth-order valence-corrected chi connectivity index (χ4v) is 2.60. The molecule has 5 nitrogen and oxygen atoms in total. The zero-order chi connectivity index (χ0) is 15.4. The molecule has 1 aliphatic carbocycles. The van der Waals surface area contributed by atoms with Gasteiger partial charge in [0, 0.05) is 0 Å². The molecule has 116 valence electrons. The largest absolute Gasteiger partial charge is 0.473 e. The Morgan fingerprint density at radius 2 is 1.91 bits per heavy atom. The lowest BCUT2D eigenvalue weighted by Crippen LogP contribution is -2.21. The Morgan fingerprint density at radius 1 is 1.14 bits per heavy atom. The molecule has 6 heteroatoms. The molecule has 0 aliphatic heterocycles. The van der Waals surface area contributed by atoms with Gasteiger partial charge in [0.2, 0.25) is 5.88 Å². The van der Waals surface area contributed by atoms with Crippen molar-refractivity contribution in [2.45, 2.75) is 38.2 Å². The molecule has 0 atom stereocenters. The fourth-order valence-electron chi connectivity index (χ4n) is 2.60. The zero-order valence-corrected chi connectivity index (χ0v) is 12.3. The van der Waals surface area contributed by atoms with Gasteiger partial charge in [0.1, 0.15) is 23.9 Å². The number of benzene rings is 1. The maximum atomic E-state index is 13.7. The minimum absolute atomic E-state index is 0.146. The van der Waals surface area contributed by atoms with E-state index in [0.717, 1.165) is 25.7 Å². The Labute approximate surface area is 128 Å². The van der Waals surface area contributed by atoms with Crippen LogP contribution in [0, 0.1) is 5.82 Å². The molecule has 3 rings (SSSR count). The summed E-state index contributed by atoms with van der Waals surface area (Å²) in [6, 6.07) is 6.36. The third-order valence-corrected chi connectivity index (χ3v) is 3.80. The summed E-state index contributed by atoms with van der Waals surface area (Å²) in [5.74, 6) is 0.349. The second kappa shape index (κ2) is 6.60. The van der Waals surface area contributed by atoms with Gasteiger partial charge >= 0.3 is 0 Å². The Balaban J connectivity index is 1.78. The number of anilines is 3. The monoisotopic (exact) mass is 302 g/mol. The van der Waals surface area contributed by atoms with Crippen LogP contribution in [0.5, 0.6) is 5.88 Å². The van der Waals surface area contributed by atoms with Crippen LogP contribution in [0.15, 0.2) is 30.6 Å². The number of nitrogens with two attached hydrogens (primary N) is 1. The van der Waals surface area contributed by atoms with E-state index >= 15 is 0 Å². The van der Waals surface area contributed by atoms with Crippen molar-refractivity contribution >= 4 is 17.2 Å². The van der Waals surface area contributed by atoms with E-state index in [-0.39, 0.29) is 11.9 Å². The van der Waals surface area contributed by atoms with Crippen LogP contribution in [0.2, 0.25) is 0 Å². The summed E-state index contributed by atoms with van der Waals surface area (Å²) in [5, 5.41) is 2.89. The molecule has 0 amide bonds. The zero-order valence-electron chi connectivity index (χ0n) is 12.3. The fraction of sp³-hybridized carbons (Fsp3) is 0.375. The predicted molar refractivity (Wildman–Crippen MR) is 83.6 cm³/mol. The molecule has 0 unspecified atom stereocenters. The first kappa shape index (κ1) is 14.6. The Bertz CT molecular complexity index is 644. The van der Waals surface area contributed by atoms with E-state index in [0.29, 0.717) is 23.1 Å². The number of nitrogens with zero attached hydrogens (tertiary/aromatic N) is 2. The third-order valence-electron chi connectivity index (χ3n) is 3.80. The minimum atomic E-state index is -0.365. The molecule has 1 heterocycles. The van der Waals surface area contributed by atoms with Crippen LogP contribution in [0.4, 0.5) is 21.6 Å². The quantitative estimate of drug-likeness (QED) is 0.901. The highest BCUT2D eigenvalue weighted by Gasteiger charge is 2.18. The van der Waals surface area contributed by atoms with Gasteiger partial charge in [0.15, 0.2) is 5.82 Å². The first-order chi connectivity index (χ1) is 10.7. The van der Waals surface area contributed by atoms with Gasteiger partial charge in [-0.15, -0.1) is 0 Å². The number of nitrogen functional groups attached to an aromatic ring is 1. The molecule has 0 spiro atoms. The Morgan fingerprint density at radius 3 is 2.68 bits per heavy atom. The first-order valence-corrected chi connectivity index (χ1v) is 7.52. The maximum absolute atomic E-state index is 13.7. The topological polar surface area (TPSA) is 73.1 Å². The molecule has 0 bridgehead atoms.